The second-order valence-electron chi connectivity index (χ2n) is 3.74. The van der Waals surface area contributed by atoms with E-state index in [1.807, 2.05) is 24.3 Å². The maximum Gasteiger partial charge on any atom is 0.229 e. The largest absolute Gasteiger partial charge is 0.391 e. The first-order valence-electron chi connectivity index (χ1n) is 4.98. The van der Waals surface area contributed by atoms with Crippen LogP contribution in [0.15, 0.2) is 24.3 Å². The highest BCUT2D eigenvalue weighted by Crippen LogP contribution is 2.22. The number of rotatable bonds is 2. The summed E-state index contributed by atoms with van der Waals surface area (Å²) in [4.78, 5) is 13.1. The van der Waals surface area contributed by atoms with Crippen LogP contribution < -0.4 is 10.6 Å². The molecule has 3 N–H and O–H groups in total. The molecule has 1 atom stereocenters. The van der Waals surface area contributed by atoms with Crippen LogP contribution in [0.5, 0.6) is 0 Å². The van der Waals surface area contributed by atoms with Crippen LogP contribution in [-0.4, -0.2) is 23.7 Å². The fourth-order valence-electron chi connectivity index (χ4n) is 1.79. The number of aliphatic hydroxyl groups is 1. The number of amides is 1. The predicted octanol–water partition coefficient (Wildman–Crippen LogP) is 0.243. The average Bonchev–Trinajstić information content (AvgIpc) is 2.58. The Morgan fingerprint density at radius 1 is 1.53 bits per heavy atom. The molecule has 0 radical (unpaired) electrons. The molecule has 0 spiro atoms. The fourth-order valence-corrected chi connectivity index (χ4v) is 1.79. The number of carbonyl (C=O) groups is 1. The average molecular weight is 206 g/mol. The lowest BCUT2D eigenvalue weighted by Crippen LogP contribution is -2.25. The van der Waals surface area contributed by atoms with Crippen molar-refractivity contribution in [3.63, 3.8) is 0 Å². The first-order chi connectivity index (χ1) is 7.20. The van der Waals surface area contributed by atoms with E-state index in [9.17, 15) is 9.90 Å². The third-order valence-corrected chi connectivity index (χ3v) is 2.56. The van der Waals surface area contributed by atoms with E-state index < -0.39 is 6.10 Å². The summed E-state index contributed by atoms with van der Waals surface area (Å²) in [7, 11) is 0. The van der Waals surface area contributed by atoms with Crippen LogP contribution in [0.4, 0.5) is 5.69 Å². The smallest absolute Gasteiger partial charge is 0.229 e. The number of hydrogen-bond donors (Lipinski definition) is 2. The Bertz CT molecular complexity index is 379. The number of nitrogens with two attached hydrogens (primary N) is 1. The fraction of sp³-hybridized carbons (Fsp3) is 0.364. The van der Waals surface area contributed by atoms with E-state index >= 15 is 0 Å². The Kier molecular flexibility index (Phi) is 2.70. The number of aliphatic hydroxyl groups excluding tert-OH is 1. The SMILES string of the molecule is NCc1cccc(N2CC(O)CC2=O)c1. The first kappa shape index (κ1) is 10.1. The van der Waals surface area contributed by atoms with Gasteiger partial charge < -0.3 is 15.7 Å². The highest BCUT2D eigenvalue weighted by molar-refractivity contribution is 5.96. The van der Waals surface area contributed by atoms with E-state index in [1.54, 1.807) is 4.90 Å². The topological polar surface area (TPSA) is 66.6 Å². The Morgan fingerprint density at radius 2 is 2.33 bits per heavy atom. The molecular formula is C11H14N2O2. The Morgan fingerprint density at radius 3 is 2.93 bits per heavy atom. The summed E-state index contributed by atoms with van der Waals surface area (Å²) in [5.41, 5.74) is 7.33. The molecule has 1 fully saturated rings. The summed E-state index contributed by atoms with van der Waals surface area (Å²) in [6, 6.07) is 7.53. The van der Waals surface area contributed by atoms with Crippen LogP contribution >= 0.6 is 0 Å². The first-order valence-corrected chi connectivity index (χ1v) is 4.98. The third-order valence-electron chi connectivity index (χ3n) is 2.56. The highest BCUT2D eigenvalue weighted by Gasteiger charge is 2.28. The van der Waals surface area contributed by atoms with Gasteiger partial charge in [0, 0.05) is 12.2 Å². The van der Waals surface area contributed by atoms with Gasteiger partial charge in [0.1, 0.15) is 0 Å². The summed E-state index contributed by atoms with van der Waals surface area (Å²) in [6.45, 7) is 0.839. The minimum Gasteiger partial charge on any atom is -0.391 e. The Labute approximate surface area is 88.3 Å². The molecular weight excluding hydrogens is 192 g/mol. The van der Waals surface area contributed by atoms with Crippen LogP contribution in [0.2, 0.25) is 0 Å². The quantitative estimate of drug-likeness (QED) is 0.728. The minimum absolute atomic E-state index is 0.0309. The van der Waals surface area contributed by atoms with E-state index in [0.29, 0.717) is 13.1 Å². The van der Waals surface area contributed by atoms with E-state index in [2.05, 4.69) is 0 Å². The maximum atomic E-state index is 11.5. The summed E-state index contributed by atoms with van der Waals surface area (Å²) in [6.07, 6.45) is -0.327. The zero-order chi connectivity index (χ0) is 10.8. The number of β-amino-alcohol motifs (C(OH)–C–C–N with tert-alkyl or cyclic N) is 1. The molecule has 1 aliphatic heterocycles. The number of carbonyl (C=O) groups excluding carboxylic acids is 1. The van der Waals surface area contributed by atoms with E-state index in [0.717, 1.165) is 11.3 Å². The van der Waals surface area contributed by atoms with Crippen molar-refractivity contribution in [3.8, 4) is 0 Å². The van der Waals surface area contributed by atoms with Gasteiger partial charge in [-0.2, -0.15) is 0 Å². The van der Waals surface area contributed by atoms with Crippen molar-refractivity contribution in [1.29, 1.82) is 0 Å². The predicted molar refractivity (Wildman–Crippen MR) is 57.3 cm³/mol. The second kappa shape index (κ2) is 4.00. The van der Waals surface area contributed by atoms with Crippen molar-refractivity contribution >= 4 is 11.6 Å². The molecule has 2 rings (SSSR count). The molecule has 80 valence electrons. The van der Waals surface area contributed by atoms with Crippen molar-refractivity contribution in [2.75, 3.05) is 11.4 Å². The highest BCUT2D eigenvalue weighted by atomic mass is 16.3. The lowest BCUT2D eigenvalue weighted by atomic mass is 10.2. The van der Waals surface area contributed by atoms with Gasteiger partial charge in [0.2, 0.25) is 5.91 Å². The molecule has 0 saturated carbocycles. The van der Waals surface area contributed by atoms with Crippen molar-refractivity contribution in [3.05, 3.63) is 29.8 Å². The summed E-state index contributed by atoms with van der Waals surface area (Å²) in [5.74, 6) is -0.0309. The van der Waals surface area contributed by atoms with E-state index in [4.69, 9.17) is 5.73 Å². The molecule has 0 bridgehead atoms. The zero-order valence-corrected chi connectivity index (χ0v) is 8.39. The van der Waals surface area contributed by atoms with Gasteiger partial charge in [-0.3, -0.25) is 4.79 Å². The molecule has 1 aliphatic rings. The zero-order valence-electron chi connectivity index (χ0n) is 8.39. The molecule has 1 amide bonds. The third kappa shape index (κ3) is 2.00. The molecule has 0 aliphatic carbocycles. The Balaban J connectivity index is 2.25. The standard InChI is InChI=1S/C11H14N2O2/c12-6-8-2-1-3-9(4-8)13-7-10(14)5-11(13)15/h1-4,10,14H,5-7,12H2. The van der Waals surface area contributed by atoms with Gasteiger partial charge >= 0.3 is 0 Å². The molecule has 0 aromatic heterocycles. The van der Waals surface area contributed by atoms with Gasteiger partial charge in [0.15, 0.2) is 0 Å². The minimum atomic E-state index is -0.543. The molecule has 1 aromatic rings. The summed E-state index contributed by atoms with van der Waals surface area (Å²) in [5, 5.41) is 9.37. The van der Waals surface area contributed by atoms with Crippen LogP contribution in [0, 0.1) is 0 Å². The van der Waals surface area contributed by atoms with E-state index in [1.165, 1.54) is 0 Å². The maximum absolute atomic E-state index is 11.5. The summed E-state index contributed by atoms with van der Waals surface area (Å²) < 4.78 is 0. The van der Waals surface area contributed by atoms with Gasteiger partial charge in [-0.15, -0.1) is 0 Å². The number of anilines is 1. The lowest BCUT2D eigenvalue weighted by Gasteiger charge is -2.16. The van der Waals surface area contributed by atoms with Gasteiger partial charge in [0.25, 0.3) is 0 Å². The van der Waals surface area contributed by atoms with Crippen LogP contribution in [0.3, 0.4) is 0 Å². The van der Waals surface area contributed by atoms with Gasteiger partial charge in [-0.25, -0.2) is 0 Å². The molecule has 15 heavy (non-hydrogen) atoms. The lowest BCUT2D eigenvalue weighted by molar-refractivity contribution is -0.117. The van der Waals surface area contributed by atoms with E-state index in [-0.39, 0.29) is 12.3 Å². The number of nitrogens with zero attached hydrogens (tertiary/aromatic N) is 1. The van der Waals surface area contributed by atoms with Crippen molar-refractivity contribution in [1.82, 2.24) is 0 Å². The molecule has 1 unspecified atom stereocenters. The van der Waals surface area contributed by atoms with Gasteiger partial charge in [0.05, 0.1) is 19.1 Å². The Hall–Kier alpha value is -1.39. The van der Waals surface area contributed by atoms with Gasteiger partial charge in [-0.1, -0.05) is 12.1 Å². The monoisotopic (exact) mass is 206 g/mol. The van der Waals surface area contributed by atoms with Gasteiger partial charge in [-0.05, 0) is 17.7 Å². The molecule has 1 heterocycles. The van der Waals surface area contributed by atoms with Crippen molar-refractivity contribution < 1.29 is 9.90 Å². The molecule has 1 aromatic carbocycles. The number of hydrogen-bond acceptors (Lipinski definition) is 3. The van der Waals surface area contributed by atoms with Crippen LogP contribution in [-0.2, 0) is 11.3 Å². The van der Waals surface area contributed by atoms with Crippen molar-refractivity contribution in [2.24, 2.45) is 5.73 Å². The normalized spacial score (nSPS) is 21.1. The second-order valence-corrected chi connectivity index (χ2v) is 3.74. The van der Waals surface area contributed by atoms with Crippen molar-refractivity contribution in [2.45, 2.75) is 19.1 Å². The summed E-state index contributed by atoms with van der Waals surface area (Å²) >= 11 is 0. The number of benzene rings is 1. The molecule has 4 nitrogen and oxygen atoms in total. The molecule has 1 saturated heterocycles. The molecule has 4 heteroatoms. The van der Waals surface area contributed by atoms with Crippen LogP contribution in [0.25, 0.3) is 0 Å². The van der Waals surface area contributed by atoms with Crippen LogP contribution in [0.1, 0.15) is 12.0 Å².